The van der Waals surface area contributed by atoms with E-state index in [4.69, 9.17) is 4.98 Å². The maximum atomic E-state index is 5.07. The fourth-order valence-electron chi connectivity index (χ4n) is 7.76. The van der Waals surface area contributed by atoms with Crippen LogP contribution in [0.2, 0.25) is 0 Å². The van der Waals surface area contributed by atoms with Gasteiger partial charge in [0.25, 0.3) is 0 Å². The van der Waals surface area contributed by atoms with E-state index >= 15 is 0 Å². The van der Waals surface area contributed by atoms with E-state index in [9.17, 15) is 0 Å². The van der Waals surface area contributed by atoms with Crippen LogP contribution in [0.4, 0.5) is 51.2 Å². The second-order valence-corrected chi connectivity index (χ2v) is 14.1. The summed E-state index contributed by atoms with van der Waals surface area (Å²) in [6.45, 7) is 6.79. The number of para-hydroxylation sites is 4. The summed E-state index contributed by atoms with van der Waals surface area (Å²) in [6.07, 6.45) is 3.70. The highest BCUT2D eigenvalue weighted by Gasteiger charge is 2.39. The van der Waals surface area contributed by atoms with Crippen LogP contribution in [0.5, 0.6) is 0 Å². The third-order valence-corrected chi connectivity index (χ3v) is 10.4. The largest absolute Gasteiger partial charge is 0.310 e. The number of fused-ring (bicyclic) bond motifs is 2. The van der Waals surface area contributed by atoms with E-state index in [1.54, 1.807) is 10.9 Å². The zero-order chi connectivity index (χ0) is 36.6. The molecule has 0 spiro atoms. The van der Waals surface area contributed by atoms with E-state index in [1.807, 2.05) is 12.3 Å². The van der Waals surface area contributed by atoms with Gasteiger partial charge in [0.15, 0.2) is 5.82 Å². The number of pyridine rings is 1. The fourth-order valence-corrected chi connectivity index (χ4v) is 7.76. The van der Waals surface area contributed by atoms with Gasteiger partial charge >= 0.3 is 0 Å². The van der Waals surface area contributed by atoms with Gasteiger partial charge in [0.05, 0.1) is 22.8 Å². The Morgan fingerprint density at radius 3 is 1.28 bits per heavy atom. The van der Waals surface area contributed by atoms with Gasteiger partial charge in [0.1, 0.15) is 0 Å². The lowest BCUT2D eigenvalue weighted by atomic mass is 9.73. The second-order valence-electron chi connectivity index (χ2n) is 14.1. The molecule has 0 aliphatic carbocycles. The molecule has 6 nitrogen and oxygen atoms in total. The van der Waals surface area contributed by atoms with Crippen molar-refractivity contribution in [2.24, 2.45) is 0 Å². The van der Waals surface area contributed by atoms with Gasteiger partial charge in [0.2, 0.25) is 0 Å². The molecule has 0 bridgehead atoms. The minimum atomic E-state index is -0.373. The van der Waals surface area contributed by atoms with E-state index in [0.717, 1.165) is 62.7 Å². The molecule has 9 rings (SSSR count). The predicted octanol–water partition coefficient (Wildman–Crippen LogP) is 12.6. The number of anilines is 9. The molecule has 3 heterocycles. The molecule has 0 atom stereocenters. The molecule has 0 unspecified atom stereocenters. The van der Waals surface area contributed by atoms with Crippen molar-refractivity contribution in [2.45, 2.75) is 26.2 Å². The number of aryl methyl sites for hydroxylation is 1. The first kappa shape index (κ1) is 33.0. The molecule has 0 N–H and O–H groups in total. The molecule has 0 radical (unpaired) electrons. The average Bonchev–Trinajstić information content (AvgIpc) is 3.76. The Bertz CT molecular complexity index is 2320. The zero-order valence-electron chi connectivity index (χ0n) is 30.6. The van der Waals surface area contributed by atoms with Crippen LogP contribution in [0.15, 0.2) is 188 Å². The summed E-state index contributed by atoms with van der Waals surface area (Å²) in [5.41, 5.74) is 12.9. The van der Waals surface area contributed by atoms with Crippen molar-refractivity contribution in [3.8, 4) is 5.82 Å². The van der Waals surface area contributed by atoms with Crippen LogP contribution in [0, 0.1) is 6.92 Å². The van der Waals surface area contributed by atoms with Crippen LogP contribution in [0.3, 0.4) is 0 Å². The highest BCUT2D eigenvalue weighted by molar-refractivity contribution is 5.91. The van der Waals surface area contributed by atoms with Crippen LogP contribution in [-0.2, 0) is 5.41 Å². The van der Waals surface area contributed by atoms with Gasteiger partial charge in [-0.15, -0.1) is 0 Å². The van der Waals surface area contributed by atoms with Crippen molar-refractivity contribution < 1.29 is 0 Å². The summed E-state index contributed by atoms with van der Waals surface area (Å²) in [7, 11) is 0. The smallest absolute Gasteiger partial charge is 0.153 e. The van der Waals surface area contributed by atoms with E-state index in [-0.39, 0.29) is 5.41 Å². The number of nitrogens with zero attached hydrogens (tertiary/aromatic N) is 6. The zero-order valence-corrected chi connectivity index (χ0v) is 30.6. The minimum absolute atomic E-state index is 0.373. The monoisotopic (exact) mass is 700 g/mol. The molecule has 6 heteroatoms. The standard InChI is InChI=1S/C48H40N6/c1-35-44(29-30-47(50-35)51-32-16-31-49-51)54-45-27-25-40(52(36-17-8-4-9-18-36)37-19-10-5-11-20-37)33-42(45)48(2,3)43-34-41(26-28-46(43)54)53(38-21-12-6-13-22-38)39-23-14-7-15-24-39/h4-34H,1-3H3. The molecule has 0 amide bonds. The molecule has 8 aromatic rings. The second kappa shape index (κ2) is 13.6. The molecule has 2 aromatic heterocycles. The lowest BCUT2D eigenvalue weighted by molar-refractivity contribution is 0.632. The molecule has 6 aromatic carbocycles. The topological polar surface area (TPSA) is 40.4 Å². The molecule has 0 saturated heterocycles. The Hall–Kier alpha value is -6.92. The Morgan fingerprint density at radius 2 is 0.889 bits per heavy atom. The quantitative estimate of drug-likeness (QED) is 0.158. The number of hydrogen-bond acceptors (Lipinski definition) is 5. The number of rotatable bonds is 8. The summed E-state index contributed by atoms with van der Waals surface area (Å²) in [5, 5.41) is 4.44. The summed E-state index contributed by atoms with van der Waals surface area (Å²) >= 11 is 0. The summed E-state index contributed by atoms with van der Waals surface area (Å²) in [4.78, 5) is 12.1. The molecule has 1 aliphatic heterocycles. The minimum Gasteiger partial charge on any atom is -0.310 e. The van der Waals surface area contributed by atoms with Crippen molar-refractivity contribution in [3.05, 3.63) is 205 Å². The SMILES string of the molecule is Cc1nc(-n2cccn2)ccc1N1c2ccc(N(c3ccccc3)c3ccccc3)cc2C(C)(C)c2cc(N(c3ccccc3)c3ccccc3)ccc21. The first-order chi connectivity index (χ1) is 26.5. The third-order valence-electron chi connectivity index (χ3n) is 10.4. The molecule has 0 saturated carbocycles. The molecule has 262 valence electrons. The highest BCUT2D eigenvalue weighted by Crippen LogP contribution is 2.55. The number of aromatic nitrogens is 3. The number of benzene rings is 6. The molecular formula is C48H40N6. The predicted molar refractivity (Wildman–Crippen MR) is 222 cm³/mol. The van der Waals surface area contributed by atoms with E-state index < -0.39 is 0 Å². The first-order valence-electron chi connectivity index (χ1n) is 18.3. The van der Waals surface area contributed by atoms with Crippen molar-refractivity contribution in [3.63, 3.8) is 0 Å². The molecule has 0 fully saturated rings. The van der Waals surface area contributed by atoms with Gasteiger partial charge in [-0.3, -0.25) is 0 Å². The van der Waals surface area contributed by atoms with Crippen LogP contribution in [0.1, 0.15) is 30.7 Å². The van der Waals surface area contributed by atoms with Gasteiger partial charge in [-0.25, -0.2) is 9.67 Å². The fraction of sp³-hybridized carbons (Fsp3) is 0.0833. The molecular weight excluding hydrogens is 661 g/mol. The lowest BCUT2D eigenvalue weighted by Gasteiger charge is -2.43. The van der Waals surface area contributed by atoms with E-state index in [2.05, 4.69) is 210 Å². The van der Waals surface area contributed by atoms with Gasteiger partial charge in [-0.2, -0.15) is 5.10 Å². The number of hydrogen-bond donors (Lipinski definition) is 0. The Labute approximate surface area is 316 Å². The van der Waals surface area contributed by atoms with Crippen LogP contribution < -0.4 is 14.7 Å². The van der Waals surface area contributed by atoms with Crippen molar-refractivity contribution in [1.29, 1.82) is 0 Å². The van der Waals surface area contributed by atoms with Crippen molar-refractivity contribution in [1.82, 2.24) is 14.8 Å². The summed E-state index contributed by atoms with van der Waals surface area (Å²) < 4.78 is 1.81. The lowest BCUT2D eigenvalue weighted by Crippen LogP contribution is -2.31. The van der Waals surface area contributed by atoms with Crippen LogP contribution in [-0.4, -0.2) is 14.8 Å². The van der Waals surface area contributed by atoms with Gasteiger partial charge in [-0.1, -0.05) is 86.6 Å². The maximum absolute atomic E-state index is 5.07. The first-order valence-corrected chi connectivity index (χ1v) is 18.3. The molecule has 1 aliphatic rings. The van der Waals surface area contributed by atoms with E-state index in [0.29, 0.717) is 0 Å². The van der Waals surface area contributed by atoms with Crippen molar-refractivity contribution in [2.75, 3.05) is 14.7 Å². The Morgan fingerprint density at radius 1 is 0.463 bits per heavy atom. The van der Waals surface area contributed by atoms with Gasteiger partial charge in [-0.05, 0) is 121 Å². The normalized spacial score (nSPS) is 12.8. The Kier molecular flexibility index (Phi) is 8.28. The van der Waals surface area contributed by atoms with Crippen LogP contribution >= 0.6 is 0 Å². The Balaban J connectivity index is 1.26. The van der Waals surface area contributed by atoms with Gasteiger partial charge < -0.3 is 14.7 Å². The summed E-state index contributed by atoms with van der Waals surface area (Å²) in [5.74, 6) is 0.785. The van der Waals surface area contributed by atoms with Crippen molar-refractivity contribution >= 4 is 51.2 Å². The summed E-state index contributed by atoms with van der Waals surface area (Å²) in [6, 6.07) is 62.4. The molecule has 54 heavy (non-hydrogen) atoms. The third kappa shape index (κ3) is 5.78. The van der Waals surface area contributed by atoms with Crippen LogP contribution in [0.25, 0.3) is 5.82 Å². The maximum Gasteiger partial charge on any atom is 0.153 e. The highest BCUT2D eigenvalue weighted by atomic mass is 15.3. The van der Waals surface area contributed by atoms with Gasteiger partial charge in [0, 0.05) is 51.9 Å². The van der Waals surface area contributed by atoms with E-state index in [1.165, 1.54) is 11.1 Å². The average molecular weight is 701 g/mol.